The minimum Gasteiger partial charge on any atom is -0.347 e. The molecule has 1 amide bonds. The van der Waals surface area contributed by atoms with E-state index in [0.717, 1.165) is 5.69 Å². The number of hydrogen-bond donors (Lipinski definition) is 0. The molecular weight excluding hydrogens is 234 g/mol. The number of carbonyl (C=O) groups is 1. The Morgan fingerprint density at radius 1 is 1.39 bits per heavy atom. The zero-order chi connectivity index (χ0) is 13.4. The molecule has 2 aromatic heterocycles. The summed E-state index contributed by atoms with van der Waals surface area (Å²) < 4.78 is 2.88. The van der Waals surface area contributed by atoms with Gasteiger partial charge in [-0.1, -0.05) is 0 Å². The van der Waals surface area contributed by atoms with E-state index in [1.807, 2.05) is 6.92 Å². The minimum absolute atomic E-state index is 0.0234. The number of rotatable bonds is 2. The number of carbonyl (C=O) groups excluding carboxylic acids is 1. The van der Waals surface area contributed by atoms with Crippen molar-refractivity contribution >= 4 is 16.9 Å². The average Bonchev–Trinajstić information content (AvgIpc) is 2.60. The third-order valence-corrected chi connectivity index (χ3v) is 2.90. The Labute approximate surface area is 104 Å². The maximum Gasteiger partial charge on any atom is 0.282 e. The van der Waals surface area contributed by atoms with E-state index in [1.165, 1.54) is 15.8 Å². The Morgan fingerprint density at radius 3 is 2.67 bits per heavy atom. The van der Waals surface area contributed by atoms with Gasteiger partial charge in [-0.15, -0.1) is 0 Å². The molecule has 0 saturated carbocycles. The Balaban J connectivity index is 2.52. The van der Waals surface area contributed by atoms with Crippen molar-refractivity contribution in [2.75, 3.05) is 14.1 Å². The fourth-order valence-corrected chi connectivity index (χ4v) is 1.61. The number of fused-ring (bicyclic) bond motifs is 1. The summed E-state index contributed by atoms with van der Waals surface area (Å²) in [5, 5.41) is 4.12. The van der Waals surface area contributed by atoms with Gasteiger partial charge in [0.1, 0.15) is 12.1 Å². The maximum atomic E-state index is 12.1. The Kier molecular flexibility index (Phi) is 2.90. The number of hydrogen-bond acceptors (Lipinski definition) is 4. The number of nitrogens with zero attached hydrogens (tertiary/aromatic N) is 5. The Bertz CT molecular complexity index is 668. The lowest BCUT2D eigenvalue weighted by molar-refractivity contribution is -0.129. The summed E-state index contributed by atoms with van der Waals surface area (Å²) in [5.41, 5.74) is 1.41. The van der Waals surface area contributed by atoms with Crippen molar-refractivity contribution < 1.29 is 4.79 Å². The van der Waals surface area contributed by atoms with Crippen molar-refractivity contribution in [2.24, 2.45) is 7.05 Å². The van der Waals surface area contributed by atoms with Crippen molar-refractivity contribution in [3.8, 4) is 0 Å². The molecule has 7 heteroatoms. The van der Waals surface area contributed by atoms with E-state index in [4.69, 9.17) is 0 Å². The van der Waals surface area contributed by atoms with E-state index in [-0.39, 0.29) is 18.0 Å². The van der Waals surface area contributed by atoms with Crippen LogP contribution in [0.25, 0.3) is 11.0 Å². The Hall–Kier alpha value is -2.18. The molecule has 0 aromatic carbocycles. The van der Waals surface area contributed by atoms with Crippen molar-refractivity contribution in [3.05, 3.63) is 22.4 Å². The predicted octanol–water partition coefficient (Wildman–Crippen LogP) is -0.473. The van der Waals surface area contributed by atoms with E-state index in [9.17, 15) is 9.59 Å². The van der Waals surface area contributed by atoms with Crippen LogP contribution in [-0.2, 0) is 18.4 Å². The van der Waals surface area contributed by atoms with Gasteiger partial charge in [0.25, 0.3) is 5.56 Å². The topological polar surface area (TPSA) is 73.0 Å². The van der Waals surface area contributed by atoms with Crippen molar-refractivity contribution in [3.63, 3.8) is 0 Å². The molecule has 0 fully saturated rings. The summed E-state index contributed by atoms with van der Waals surface area (Å²) in [5.74, 6) is -0.161. The molecular formula is C11H15N5O2. The molecule has 0 bridgehead atoms. The van der Waals surface area contributed by atoms with Crippen LogP contribution < -0.4 is 5.56 Å². The molecule has 0 aliphatic heterocycles. The summed E-state index contributed by atoms with van der Waals surface area (Å²) in [6, 6.07) is 0. The molecule has 0 atom stereocenters. The van der Waals surface area contributed by atoms with Crippen LogP contribution in [0.1, 0.15) is 5.69 Å². The molecule has 2 aromatic rings. The van der Waals surface area contributed by atoms with Crippen molar-refractivity contribution in [1.29, 1.82) is 0 Å². The van der Waals surface area contributed by atoms with Crippen LogP contribution in [0, 0.1) is 6.92 Å². The van der Waals surface area contributed by atoms with Gasteiger partial charge in [0.05, 0.1) is 12.0 Å². The fraction of sp³-hybridized carbons (Fsp3) is 0.455. The van der Waals surface area contributed by atoms with Crippen molar-refractivity contribution in [2.45, 2.75) is 13.5 Å². The lowest BCUT2D eigenvalue weighted by Gasteiger charge is -2.10. The van der Waals surface area contributed by atoms with Gasteiger partial charge in [0.2, 0.25) is 5.91 Å². The van der Waals surface area contributed by atoms with Gasteiger partial charge in [-0.3, -0.25) is 18.8 Å². The third-order valence-electron chi connectivity index (χ3n) is 2.90. The molecule has 0 spiro atoms. The van der Waals surface area contributed by atoms with Gasteiger partial charge >= 0.3 is 0 Å². The number of amides is 1. The second-order valence-electron chi connectivity index (χ2n) is 4.37. The average molecular weight is 249 g/mol. The first-order chi connectivity index (χ1) is 8.41. The molecule has 18 heavy (non-hydrogen) atoms. The first kappa shape index (κ1) is 12.3. The SMILES string of the molecule is Cc1c2ncn(CC(=O)N(C)C)c(=O)c2nn1C. The van der Waals surface area contributed by atoms with Gasteiger partial charge in [0.15, 0.2) is 5.52 Å². The van der Waals surface area contributed by atoms with Gasteiger partial charge in [-0.25, -0.2) is 4.98 Å². The van der Waals surface area contributed by atoms with Gasteiger partial charge in [-0.2, -0.15) is 5.10 Å². The molecule has 7 nitrogen and oxygen atoms in total. The quantitative estimate of drug-likeness (QED) is 0.721. The van der Waals surface area contributed by atoms with Crippen LogP contribution >= 0.6 is 0 Å². The first-order valence-electron chi connectivity index (χ1n) is 5.50. The van der Waals surface area contributed by atoms with Crippen LogP contribution in [0.4, 0.5) is 0 Å². The highest BCUT2D eigenvalue weighted by Crippen LogP contribution is 2.09. The normalized spacial score (nSPS) is 10.9. The van der Waals surface area contributed by atoms with E-state index in [0.29, 0.717) is 11.0 Å². The van der Waals surface area contributed by atoms with Gasteiger partial charge in [-0.05, 0) is 6.92 Å². The molecule has 96 valence electrons. The zero-order valence-corrected chi connectivity index (χ0v) is 10.8. The second-order valence-corrected chi connectivity index (χ2v) is 4.37. The standard InChI is InChI=1S/C11H15N5O2/c1-7-9-10(13-15(7)4)11(18)16(6-12-9)5-8(17)14(2)3/h6H,5H2,1-4H3. The van der Waals surface area contributed by atoms with E-state index in [1.54, 1.807) is 25.8 Å². The highest BCUT2D eigenvalue weighted by molar-refractivity contribution is 5.77. The molecule has 0 aliphatic rings. The Morgan fingerprint density at radius 2 is 2.06 bits per heavy atom. The smallest absolute Gasteiger partial charge is 0.282 e. The highest BCUT2D eigenvalue weighted by Gasteiger charge is 2.13. The molecule has 0 N–H and O–H groups in total. The monoisotopic (exact) mass is 249 g/mol. The van der Waals surface area contributed by atoms with Crippen LogP contribution in [-0.4, -0.2) is 44.2 Å². The molecule has 2 heterocycles. The summed E-state index contributed by atoms with van der Waals surface area (Å²) in [6.07, 6.45) is 1.39. The lowest BCUT2D eigenvalue weighted by Crippen LogP contribution is -2.31. The van der Waals surface area contributed by atoms with Gasteiger partial charge < -0.3 is 4.90 Å². The summed E-state index contributed by atoms with van der Waals surface area (Å²) in [6.45, 7) is 1.82. The minimum atomic E-state index is -0.293. The van der Waals surface area contributed by atoms with Crippen LogP contribution in [0.15, 0.2) is 11.1 Å². The summed E-state index contributed by atoms with van der Waals surface area (Å²) >= 11 is 0. The van der Waals surface area contributed by atoms with E-state index in [2.05, 4.69) is 10.1 Å². The summed E-state index contributed by atoms with van der Waals surface area (Å²) in [4.78, 5) is 29.3. The molecule has 0 unspecified atom stereocenters. The number of likely N-dealkylation sites (N-methyl/N-ethyl adjacent to an activating group) is 1. The van der Waals surface area contributed by atoms with Crippen molar-refractivity contribution in [1.82, 2.24) is 24.2 Å². The lowest BCUT2D eigenvalue weighted by atomic mass is 10.3. The molecule has 2 rings (SSSR count). The predicted molar refractivity (Wildman–Crippen MR) is 66.2 cm³/mol. The van der Waals surface area contributed by atoms with Gasteiger partial charge in [0, 0.05) is 21.1 Å². The molecule has 0 saturated heterocycles. The van der Waals surface area contributed by atoms with E-state index < -0.39 is 0 Å². The maximum absolute atomic E-state index is 12.1. The van der Waals surface area contributed by atoms with Crippen LogP contribution in [0.3, 0.4) is 0 Å². The third kappa shape index (κ3) is 1.87. The largest absolute Gasteiger partial charge is 0.347 e. The second kappa shape index (κ2) is 4.25. The zero-order valence-electron chi connectivity index (χ0n) is 10.8. The summed E-state index contributed by atoms with van der Waals surface area (Å²) in [7, 11) is 5.04. The van der Waals surface area contributed by atoms with E-state index >= 15 is 0 Å². The number of aryl methyl sites for hydroxylation is 2. The first-order valence-corrected chi connectivity index (χ1v) is 5.50. The molecule has 0 radical (unpaired) electrons. The highest BCUT2D eigenvalue weighted by atomic mass is 16.2. The fourth-order valence-electron chi connectivity index (χ4n) is 1.61. The van der Waals surface area contributed by atoms with Crippen LogP contribution in [0.2, 0.25) is 0 Å². The molecule has 0 aliphatic carbocycles. The number of aromatic nitrogens is 4. The van der Waals surface area contributed by atoms with Crippen LogP contribution in [0.5, 0.6) is 0 Å².